The van der Waals surface area contributed by atoms with Gasteiger partial charge in [-0.1, -0.05) is 24.1 Å². The molecule has 0 N–H and O–H groups in total. The van der Waals surface area contributed by atoms with E-state index in [4.69, 9.17) is 11.6 Å². The normalized spacial score (nSPS) is 22.1. The van der Waals surface area contributed by atoms with E-state index in [0.29, 0.717) is 11.2 Å². The van der Waals surface area contributed by atoms with Crippen LogP contribution in [0.2, 0.25) is 5.15 Å². The molecule has 0 radical (unpaired) electrons. The monoisotopic (exact) mass is 250 g/mol. The molecule has 5 heteroatoms. The van der Waals surface area contributed by atoms with Crippen molar-refractivity contribution in [2.45, 2.75) is 25.3 Å². The molecule has 1 saturated heterocycles. The average molecular weight is 251 g/mol. The summed E-state index contributed by atoms with van der Waals surface area (Å²) in [5.74, 6) is 0.889. The fourth-order valence-electron chi connectivity index (χ4n) is 2.43. The Bertz CT molecular complexity index is 536. The van der Waals surface area contributed by atoms with Crippen LogP contribution in [-0.2, 0) is 0 Å². The van der Waals surface area contributed by atoms with Gasteiger partial charge >= 0.3 is 0 Å². The van der Waals surface area contributed by atoms with Crippen LogP contribution in [0.1, 0.15) is 31.1 Å². The van der Waals surface area contributed by atoms with Crippen LogP contribution in [0.15, 0.2) is 18.2 Å². The Morgan fingerprint density at radius 2 is 2.24 bits per heavy atom. The predicted molar refractivity (Wildman–Crippen MR) is 67.2 cm³/mol. The summed E-state index contributed by atoms with van der Waals surface area (Å²) in [7, 11) is 2.14. The molecular weight excluding hydrogens is 236 g/mol. The van der Waals surface area contributed by atoms with E-state index in [1.54, 1.807) is 4.52 Å². The first-order valence-electron chi connectivity index (χ1n) is 5.97. The zero-order valence-electron chi connectivity index (χ0n) is 9.80. The van der Waals surface area contributed by atoms with Gasteiger partial charge in [-0.15, -0.1) is 5.10 Å². The van der Waals surface area contributed by atoms with Crippen LogP contribution in [0.4, 0.5) is 0 Å². The Labute approximate surface area is 105 Å². The molecule has 1 unspecified atom stereocenters. The van der Waals surface area contributed by atoms with Crippen LogP contribution < -0.4 is 0 Å². The average Bonchev–Trinajstić information content (AvgIpc) is 2.75. The van der Waals surface area contributed by atoms with Gasteiger partial charge in [-0.2, -0.15) is 0 Å². The Kier molecular flexibility index (Phi) is 2.76. The van der Waals surface area contributed by atoms with Gasteiger partial charge in [0.2, 0.25) is 0 Å². The molecular formula is C12H15ClN4. The van der Waals surface area contributed by atoms with Gasteiger partial charge < -0.3 is 0 Å². The Morgan fingerprint density at radius 3 is 3.00 bits per heavy atom. The number of piperidine rings is 1. The SMILES string of the molecule is CN1CCCCC1c1nc2cccc(Cl)n2n1. The van der Waals surface area contributed by atoms with Crippen LogP contribution >= 0.6 is 11.6 Å². The van der Waals surface area contributed by atoms with Crippen molar-refractivity contribution < 1.29 is 0 Å². The summed E-state index contributed by atoms with van der Waals surface area (Å²) in [6, 6.07) is 6.00. The van der Waals surface area contributed by atoms with E-state index in [9.17, 15) is 0 Å². The van der Waals surface area contributed by atoms with Crippen LogP contribution in [-0.4, -0.2) is 33.1 Å². The minimum atomic E-state index is 0.333. The molecule has 0 spiro atoms. The highest BCUT2D eigenvalue weighted by Gasteiger charge is 2.24. The fourth-order valence-corrected chi connectivity index (χ4v) is 2.63. The topological polar surface area (TPSA) is 33.4 Å². The Morgan fingerprint density at radius 1 is 1.35 bits per heavy atom. The van der Waals surface area contributed by atoms with Crippen LogP contribution in [0.25, 0.3) is 5.65 Å². The molecule has 3 rings (SSSR count). The summed E-state index contributed by atoms with van der Waals surface area (Å²) < 4.78 is 1.71. The third-order valence-electron chi connectivity index (χ3n) is 3.40. The first-order chi connectivity index (χ1) is 8.25. The smallest absolute Gasteiger partial charge is 0.168 e. The third kappa shape index (κ3) is 1.91. The van der Waals surface area contributed by atoms with E-state index in [0.717, 1.165) is 24.4 Å². The molecule has 1 aliphatic heterocycles. The summed E-state index contributed by atoms with van der Waals surface area (Å²) in [5.41, 5.74) is 0.825. The fraction of sp³-hybridized carbons (Fsp3) is 0.500. The quantitative estimate of drug-likeness (QED) is 0.730. The highest BCUT2D eigenvalue weighted by molar-refractivity contribution is 6.29. The summed E-state index contributed by atoms with van der Waals surface area (Å²) in [6.45, 7) is 1.12. The number of pyridine rings is 1. The van der Waals surface area contributed by atoms with E-state index in [1.165, 1.54) is 12.8 Å². The van der Waals surface area contributed by atoms with E-state index in [2.05, 4.69) is 22.0 Å². The van der Waals surface area contributed by atoms with Crippen molar-refractivity contribution in [3.05, 3.63) is 29.2 Å². The van der Waals surface area contributed by atoms with Crippen molar-refractivity contribution in [3.8, 4) is 0 Å². The molecule has 2 aromatic rings. The first-order valence-corrected chi connectivity index (χ1v) is 6.35. The highest BCUT2D eigenvalue weighted by Crippen LogP contribution is 2.27. The number of hydrogen-bond donors (Lipinski definition) is 0. The number of likely N-dealkylation sites (tertiary alicyclic amines) is 1. The van der Waals surface area contributed by atoms with Crippen molar-refractivity contribution in [1.82, 2.24) is 19.5 Å². The first kappa shape index (κ1) is 11.0. The number of fused-ring (bicyclic) bond motifs is 1. The molecule has 90 valence electrons. The van der Waals surface area contributed by atoms with Gasteiger partial charge in [0.25, 0.3) is 0 Å². The summed E-state index contributed by atoms with van der Waals surface area (Å²) in [5, 5.41) is 5.13. The standard InChI is InChI=1S/C12H15ClN4/c1-16-8-3-2-5-9(16)12-14-11-7-4-6-10(13)17(11)15-12/h4,6-7,9H,2-3,5,8H2,1H3. The van der Waals surface area contributed by atoms with Crippen molar-refractivity contribution in [3.63, 3.8) is 0 Å². The zero-order chi connectivity index (χ0) is 11.8. The van der Waals surface area contributed by atoms with E-state index in [-0.39, 0.29) is 0 Å². The second-order valence-electron chi connectivity index (χ2n) is 4.58. The zero-order valence-corrected chi connectivity index (χ0v) is 10.6. The van der Waals surface area contributed by atoms with E-state index < -0.39 is 0 Å². The van der Waals surface area contributed by atoms with Gasteiger partial charge in [-0.3, -0.25) is 4.90 Å². The molecule has 1 fully saturated rings. The molecule has 1 atom stereocenters. The van der Waals surface area contributed by atoms with Gasteiger partial charge in [0.1, 0.15) is 5.15 Å². The maximum Gasteiger partial charge on any atom is 0.168 e. The summed E-state index contributed by atoms with van der Waals surface area (Å²) in [6.07, 6.45) is 3.64. The highest BCUT2D eigenvalue weighted by atomic mass is 35.5. The van der Waals surface area contributed by atoms with Gasteiger partial charge in [-0.05, 0) is 38.6 Å². The number of rotatable bonds is 1. The minimum absolute atomic E-state index is 0.333. The lowest BCUT2D eigenvalue weighted by Gasteiger charge is -2.30. The van der Waals surface area contributed by atoms with Gasteiger partial charge in [0, 0.05) is 0 Å². The van der Waals surface area contributed by atoms with Gasteiger partial charge in [0.15, 0.2) is 11.5 Å². The molecule has 17 heavy (non-hydrogen) atoms. The largest absolute Gasteiger partial charge is 0.296 e. The van der Waals surface area contributed by atoms with E-state index >= 15 is 0 Å². The lowest BCUT2D eigenvalue weighted by molar-refractivity contribution is 0.179. The number of halogens is 1. The molecule has 0 aromatic carbocycles. The van der Waals surface area contributed by atoms with Crippen molar-refractivity contribution >= 4 is 17.2 Å². The molecule has 3 heterocycles. The molecule has 1 aliphatic rings. The molecule has 0 aliphatic carbocycles. The lowest BCUT2D eigenvalue weighted by atomic mass is 10.0. The summed E-state index contributed by atoms with van der Waals surface area (Å²) in [4.78, 5) is 6.90. The maximum absolute atomic E-state index is 6.09. The van der Waals surface area contributed by atoms with Crippen LogP contribution in [0.5, 0.6) is 0 Å². The second kappa shape index (κ2) is 4.27. The molecule has 0 bridgehead atoms. The number of nitrogens with zero attached hydrogens (tertiary/aromatic N) is 4. The Hall–Kier alpha value is -1.13. The van der Waals surface area contributed by atoms with Crippen molar-refractivity contribution in [2.75, 3.05) is 13.6 Å². The molecule has 2 aromatic heterocycles. The van der Waals surface area contributed by atoms with Crippen LogP contribution in [0.3, 0.4) is 0 Å². The van der Waals surface area contributed by atoms with Crippen LogP contribution in [0, 0.1) is 0 Å². The number of hydrogen-bond acceptors (Lipinski definition) is 3. The Balaban J connectivity index is 2.02. The van der Waals surface area contributed by atoms with Gasteiger partial charge in [0.05, 0.1) is 6.04 Å². The molecule has 4 nitrogen and oxygen atoms in total. The van der Waals surface area contributed by atoms with Crippen molar-refractivity contribution in [1.29, 1.82) is 0 Å². The van der Waals surface area contributed by atoms with Crippen molar-refractivity contribution in [2.24, 2.45) is 0 Å². The third-order valence-corrected chi connectivity index (χ3v) is 3.68. The maximum atomic E-state index is 6.09. The molecule has 0 saturated carbocycles. The van der Waals surface area contributed by atoms with E-state index in [1.807, 2.05) is 18.2 Å². The lowest BCUT2D eigenvalue weighted by Crippen LogP contribution is -2.30. The summed E-state index contributed by atoms with van der Waals surface area (Å²) >= 11 is 6.09. The number of aromatic nitrogens is 3. The second-order valence-corrected chi connectivity index (χ2v) is 4.97. The molecule has 0 amide bonds. The van der Waals surface area contributed by atoms with Gasteiger partial charge in [-0.25, -0.2) is 9.50 Å². The minimum Gasteiger partial charge on any atom is -0.296 e. The predicted octanol–water partition coefficient (Wildman–Crippen LogP) is 2.54.